The number of nitrogens with two attached hydrogens (primary N) is 2. The fourth-order valence-electron chi connectivity index (χ4n) is 2.87. The maximum atomic E-state index is 11.9. The summed E-state index contributed by atoms with van der Waals surface area (Å²) in [6, 6.07) is 20.2. The topological polar surface area (TPSA) is 111 Å². The number of esters is 1. The van der Waals surface area contributed by atoms with Gasteiger partial charge in [0.2, 0.25) is 0 Å². The Morgan fingerprint density at radius 3 is 2.27 bits per heavy atom. The number of nitrogens with zero attached hydrogens (tertiary/aromatic N) is 1. The summed E-state index contributed by atoms with van der Waals surface area (Å²) in [5.41, 5.74) is 16.5. The van der Waals surface area contributed by atoms with Gasteiger partial charge in [-0.3, -0.25) is 0 Å². The average molecular weight is 399 g/mol. The summed E-state index contributed by atoms with van der Waals surface area (Å²) in [7, 11) is 0. The van der Waals surface area contributed by atoms with Crippen LogP contribution in [-0.4, -0.2) is 12.6 Å². The molecule has 0 saturated heterocycles. The molecule has 0 aromatic heterocycles. The van der Waals surface area contributed by atoms with Gasteiger partial charge in [-0.05, 0) is 52.6 Å². The van der Waals surface area contributed by atoms with Crippen LogP contribution in [0.5, 0.6) is 5.75 Å². The quantitative estimate of drug-likeness (QED) is 0.267. The zero-order valence-electron chi connectivity index (χ0n) is 16.2. The molecule has 6 nitrogen and oxygen atoms in total. The second kappa shape index (κ2) is 9.80. The number of nitriles is 1. The normalized spacial score (nSPS) is 10.5. The number of carbonyl (C=O) groups excluding carboxylic acids is 1. The van der Waals surface area contributed by atoms with Gasteiger partial charge in [0.15, 0.2) is 0 Å². The summed E-state index contributed by atoms with van der Waals surface area (Å²) in [5.74, 6) is 0.0829. The molecule has 6 heteroatoms. The van der Waals surface area contributed by atoms with Crippen molar-refractivity contribution in [1.29, 1.82) is 5.26 Å². The van der Waals surface area contributed by atoms with Crippen molar-refractivity contribution in [3.63, 3.8) is 0 Å². The van der Waals surface area contributed by atoms with Crippen molar-refractivity contribution in [3.05, 3.63) is 83.9 Å². The van der Waals surface area contributed by atoms with Crippen LogP contribution in [0, 0.1) is 11.5 Å². The Kier molecular flexibility index (Phi) is 6.70. The van der Waals surface area contributed by atoms with Crippen LogP contribution in [0.25, 0.3) is 17.2 Å². The Morgan fingerprint density at radius 1 is 0.967 bits per heavy atom. The fraction of sp³-hybridized carbons (Fsp3) is 0.0833. The van der Waals surface area contributed by atoms with Gasteiger partial charge >= 0.3 is 5.97 Å². The standard InChI is InChI=1S/C24H21N3O3/c25-16-30-22-10-7-19(8-11-22)18-4-1-17(2-5-18)3-12-24(28)29-14-13-20-6-9-21(26)15-23(20)27/h1-12,15H,13-14,26-27H2/b12-3+. The summed E-state index contributed by atoms with van der Waals surface area (Å²) >= 11 is 0. The summed E-state index contributed by atoms with van der Waals surface area (Å²) in [4.78, 5) is 11.9. The van der Waals surface area contributed by atoms with E-state index in [1.165, 1.54) is 6.08 Å². The molecule has 0 radical (unpaired) electrons. The highest BCUT2D eigenvalue weighted by molar-refractivity contribution is 5.87. The smallest absolute Gasteiger partial charge is 0.330 e. The molecular weight excluding hydrogens is 378 g/mol. The second-order valence-electron chi connectivity index (χ2n) is 6.55. The molecule has 0 bridgehead atoms. The van der Waals surface area contributed by atoms with Crippen LogP contribution < -0.4 is 16.2 Å². The first kappa shape index (κ1) is 20.5. The molecule has 0 saturated carbocycles. The summed E-state index contributed by atoms with van der Waals surface area (Å²) < 4.78 is 10.0. The van der Waals surface area contributed by atoms with Gasteiger partial charge in [-0.2, -0.15) is 0 Å². The van der Waals surface area contributed by atoms with Gasteiger partial charge in [0.25, 0.3) is 6.26 Å². The van der Waals surface area contributed by atoms with Gasteiger partial charge in [0, 0.05) is 23.9 Å². The molecule has 0 aliphatic carbocycles. The molecule has 3 aromatic carbocycles. The molecule has 0 atom stereocenters. The third-order valence-electron chi connectivity index (χ3n) is 4.46. The van der Waals surface area contributed by atoms with Crippen LogP contribution >= 0.6 is 0 Å². The number of carbonyl (C=O) groups is 1. The molecule has 3 rings (SSSR count). The highest BCUT2D eigenvalue weighted by Crippen LogP contribution is 2.23. The van der Waals surface area contributed by atoms with E-state index in [2.05, 4.69) is 0 Å². The van der Waals surface area contributed by atoms with E-state index in [9.17, 15) is 4.79 Å². The van der Waals surface area contributed by atoms with Crippen molar-refractivity contribution in [2.45, 2.75) is 6.42 Å². The third kappa shape index (κ3) is 5.63. The largest absolute Gasteiger partial charge is 0.462 e. The van der Waals surface area contributed by atoms with Gasteiger partial charge in [0.05, 0.1) is 6.61 Å². The number of anilines is 2. The molecule has 150 valence electrons. The van der Waals surface area contributed by atoms with Gasteiger partial charge in [-0.15, -0.1) is 5.26 Å². The first-order chi connectivity index (χ1) is 14.5. The van der Waals surface area contributed by atoms with Crippen molar-refractivity contribution in [2.24, 2.45) is 0 Å². The fourth-order valence-corrected chi connectivity index (χ4v) is 2.87. The van der Waals surface area contributed by atoms with E-state index in [4.69, 9.17) is 26.2 Å². The van der Waals surface area contributed by atoms with Gasteiger partial charge < -0.3 is 20.9 Å². The highest BCUT2D eigenvalue weighted by Gasteiger charge is 2.03. The van der Waals surface area contributed by atoms with E-state index >= 15 is 0 Å². The highest BCUT2D eigenvalue weighted by atomic mass is 16.5. The maximum Gasteiger partial charge on any atom is 0.330 e. The van der Waals surface area contributed by atoms with E-state index in [-0.39, 0.29) is 6.61 Å². The summed E-state index contributed by atoms with van der Waals surface area (Å²) in [6.45, 7) is 0.238. The summed E-state index contributed by atoms with van der Waals surface area (Å²) in [6.07, 6.45) is 5.27. The maximum absolute atomic E-state index is 11.9. The van der Waals surface area contributed by atoms with Crippen LogP contribution in [0.4, 0.5) is 11.4 Å². The predicted octanol–water partition coefficient (Wildman–Crippen LogP) is 4.18. The van der Waals surface area contributed by atoms with E-state index in [1.54, 1.807) is 36.6 Å². The Morgan fingerprint density at radius 2 is 1.63 bits per heavy atom. The molecule has 0 aliphatic heterocycles. The second-order valence-corrected chi connectivity index (χ2v) is 6.55. The van der Waals surface area contributed by atoms with Crippen LogP contribution in [0.2, 0.25) is 0 Å². The van der Waals surface area contributed by atoms with E-state index in [0.717, 1.165) is 22.3 Å². The van der Waals surface area contributed by atoms with Crippen molar-refractivity contribution >= 4 is 23.4 Å². The molecule has 0 heterocycles. The summed E-state index contributed by atoms with van der Waals surface area (Å²) in [5, 5.41) is 8.53. The monoisotopic (exact) mass is 399 g/mol. The van der Waals surface area contributed by atoms with Gasteiger partial charge in [-0.1, -0.05) is 42.5 Å². The first-order valence-electron chi connectivity index (χ1n) is 9.30. The molecule has 0 aliphatic rings. The minimum absolute atomic E-state index is 0.238. The molecule has 0 unspecified atom stereocenters. The number of hydrogen-bond acceptors (Lipinski definition) is 6. The Hall–Kier alpha value is -4.24. The molecule has 4 N–H and O–H groups in total. The molecule has 3 aromatic rings. The number of rotatable bonds is 7. The van der Waals surface area contributed by atoms with Crippen molar-refractivity contribution in [1.82, 2.24) is 0 Å². The SMILES string of the molecule is N#COc1ccc(-c2ccc(/C=C/C(=O)OCCc3ccc(N)cc3N)cc2)cc1. The third-order valence-corrected chi connectivity index (χ3v) is 4.46. The number of hydrogen-bond donors (Lipinski definition) is 2. The average Bonchev–Trinajstić information content (AvgIpc) is 2.75. The van der Waals surface area contributed by atoms with E-state index in [0.29, 0.717) is 23.5 Å². The zero-order valence-corrected chi connectivity index (χ0v) is 16.2. The minimum Gasteiger partial charge on any atom is -0.462 e. The van der Waals surface area contributed by atoms with Crippen LogP contribution in [0.15, 0.2) is 72.8 Å². The lowest BCUT2D eigenvalue weighted by atomic mass is 10.0. The number of nitrogen functional groups attached to an aromatic ring is 2. The number of benzene rings is 3. The Labute approximate surface area is 175 Å². The van der Waals surface area contributed by atoms with Crippen molar-refractivity contribution in [3.8, 4) is 23.1 Å². The van der Waals surface area contributed by atoms with E-state index < -0.39 is 5.97 Å². The lowest BCUT2D eigenvalue weighted by Gasteiger charge is -2.06. The predicted molar refractivity (Wildman–Crippen MR) is 117 cm³/mol. The van der Waals surface area contributed by atoms with Crippen LogP contribution in [0.1, 0.15) is 11.1 Å². The molecule has 0 fully saturated rings. The molecular formula is C24H21N3O3. The molecule has 0 amide bonds. The van der Waals surface area contributed by atoms with Crippen LogP contribution in [-0.2, 0) is 16.0 Å². The first-order valence-corrected chi connectivity index (χ1v) is 9.30. The van der Waals surface area contributed by atoms with Crippen molar-refractivity contribution < 1.29 is 14.3 Å². The van der Waals surface area contributed by atoms with Gasteiger partial charge in [-0.25, -0.2) is 4.79 Å². The Balaban J connectivity index is 1.51. The lowest BCUT2D eigenvalue weighted by Crippen LogP contribution is -2.06. The lowest BCUT2D eigenvalue weighted by molar-refractivity contribution is -0.137. The van der Waals surface area contributed by atoms with E-state index in [1.807, 2.05) is 42.5 Å². The Bertz CT molecular complexity index is 1080. The minimum atomic E-state index is -0.416. The number of ether oxygens (including phenoxy) is 2. The molecule has 30 heavy (non-hydrogen) atoms. The zero-order chi connectivity index (χ0) is 21.3. The van der Waals surface area contributed by atoms with Crippen molar-refractivity contribution in [2.75, 3.05) is 18.1 Å². The molecule has 0 spiro atoms. The van der Waals surface area contributed by atoms with Gasteiger partial charge in [0.1, 0.15) is 5.75 Å². The van der Waals surface area contributed by atoms with Crippen LogP contribution in [0.3, 0.4) is 0 Å².